The number of nitrogens with one attached hydrogen (secondary N) is 1. The zero-order valence-corrected chi connectivity index (χ0v) is 9.74. The molecule has 0 aromatic heterocycles. The summed E-state index contributed by atoms with van der Waals surface area (Å²) >= 11 is 0. The zero-order valence-electron chi connectivity index (χ0n) is 8.92. The molecule has 0 spiro atoms. The maximum atomic E-state index is 11.6. The van der Waals surface area contributed by atoms with E-state index in [1.165, 1.54) is 24.3 Å². The molecular formula is C10H12N2O4S. The van der Waals surface area contributed by atoms with Crippen molar-refractivity contribution in [3.63, 3.8) is 0 Å². The average molecular weight is 256 g/mol. The highest BCUT2D eigenvalue weighted by molar-refractivity contribution is 7.93. The average Bonchev–Trinajstić information content (AvgIpc) is 3.03. The van der Waals surface area contributed by atoms with Gasteiger partial charge >= 0.3 is 6.09 Å². The van der Waals surface area contributed by atoms with E-state index in [1.54, 1.807) is 0 Å². The molecule has 92 valence electrons. The predicted molar refractivity (Wildman–Crippen MR) is 62.2 cm³/mol. The third kappa shape index (κ3) is 3.10. The number of carbonyl (C=O) groups excluding carboxylic acids is 1. The van der Waals surface area contributed by atoms with Crippen molar-refractivity contribution < 1.29 is 17.9 Å². The molecule has 1 aromatic rings. The Morgan fingerprint density at radius 2 is 1.88 bits per heavy atom. The minimum Gasteiger partial charge on any atom is -0.411 e. The molecule has 0 aliphatic heterocycles. The third-order valence-corrected chi connectivity index (χ3v) is 4.17. The Morgan fingerprint density at radius 3 is 2.35 bits per heavy atom. The van der Waals surface area contributed by atoms with Crippen LogP contribution in [0.1, 0.15) is 12.8 Å². The topological polar surface area (TPSA) is 98.5 Å². The van der Waals surface area contributed by atoms with Gasteiger partial charge in [0.05, 0.1) is 5.25 Å². The van der Waals surface area contributed by atoms with Crippen LogP contribution in [-0.2, 0) is 10.0 Å². The van der Waals surface area contributed by atoms with E-state index in [0.717, 1.165) is 0 Å². The smallest absolute Gasteiger partial charge is 0.409 e. The van der Waals surface area contributed by atoms with Gasteiger partial charge in [-0.1, -0.05) is 0 Å². The molecule has 0 heterocycles. The molecule has 0 bridgehead atoms. The Kier molecular flexibility index (Phi) is 2.93. The van der Waals surface area contributed by atoms with Gasteiger partial charge in [0.15, 0.2) is 0 Å². The highest BCUT2D eigenvalue weighted by Gasteiger charge is 2.35. The molecule has 1 fully saturated rings. The normalized spacial score (nSPS) is 15.3. The number of ether oxygens (including phenoxy) is 1. The molecule has 7 heteroatoms. The van der Waals surface area contributed by atoms with Gasteiger partial charge in [0.2, 0.25) is 10.0 Å². The van der Waals surface area contributed by atoms with Crippen LogP contribution in [0.25, 0.3) is 0 Å². The second-order valence-corrected chi connectivity index (χ2v) is 5.75. The van der Waals surface area contributed by atoms with Crippen LogP contribution < -0.4 is 15.2 Å². The first kappa shape index (κ1) is 11.7. The number of sulfonamides is 1. The number of rotatable bonds is 4. The van der Waals surface area contributed by atoms with Crippen LogP contribution >= 0.6 is 0 Å². The number of primary amides is 1. The van der Waals surface area contributed by atoms with E-state index >= 15 is 0 Å². The van der Waals surface area contributed by atoms with E-state index < -0.39 is 16.1 Å². The van der Waals surface area contributed by atoms with Gasteiger partial charge in [0.25, 0.3) is 0 Å². The quantitative estimate of drug-likeness (QED) is 0.841. The molecule has 6 nitrogen and oxygen atoms in total. The van der Waals surface area contributed by atoms with Gasteiger partial charge in [-0.25, -0.2) is 13.2 Å². The molecule has 3 N–H and O–H groups in total. The van der Waals surface area contributed by atoms with E-state index in [2.05, 4.69) is 9.46 Å². The van der Waals surface area contributed by atoms with Gasteiger partial charge in [0, 0.05) is 5.69 Å². The lowest BCUT2D eigenvalue weighted by Gasteiger charge is -2.07. The number of benzene rings is 1. The molecule has 0 atom stereocenters. The van der Waals surface area contributed by atoms with Crippen LogP contribution in [0.3, 0.4) is 0 Å². The molecule has 0 unspecified atom stereocenters. The van der Waals surface area contributed by atoms with Gasteiger partial charge < -0.3 is 10.5 Å². The summed E-state index contributed by atoms with van der Waals surface area (Å²) in [6.07, 6.45) is 0.507. The van der Waals surface area contributed by atoms with Gasteiger partial charge in [-0.2, -0.15) is 0 Å². The van der Waals surface area contributed by atoms with E-state index in [9.17, 15) is 13.2 Å². The summed E-state index contributed by atoms with van der Waals surface area (Å²) in [4.78, 5) is 10.5. The Balaban J connectivity index is 2.05. The van der Waals surface area contributed by atoms with Gasteiger partial charge in [0.1, 0.15) is 5.75 Å². The van der Waals surface area contributed by atoms with E-state index in [0.29, 0.717) is 18.5 Å². The Hall–Kier alpha value is -1.76. The number of hydrogen-bond acceptors (Lipinski definition) is 4. The first-order valence-corrected chi connectivity index (χ1v) is 6.61. The third-order valence-electron chi connectivity index (χ3n) is 2.30. The lowest BCUT2D eigenvalue weighted by atomic mass is 10.3. The van der Waals surface area contributed by atoms with Crippen LogP contribution in [0.5, 0.6) is 5.75 Å². The Bertz CT molecular complexity index is 520. The fourth-order valence-corrected chi connectivity index (χ4v) is 2.72. The number of carbonyl (C=O) groups is 1. The summed E-state index contributed by atoms with van der Waals surface area (Å²) in [5.41, 5.74) is 5.28. The maximum absolute atomic E-state index is 11.6. The van der Waals surface area contributed by atoms with Gasteiger partial charge in [-0.15, -0.1) is 0 Å². The van der Waals surface area contributed by atoms with E-state index in [-0.39, 0.29) is 11.0 Å². The monoisotopic (exact) mass is 256 g/mol. The van der Waals surface area contributed by atoms with E-state index in [1.807, 2.05) is 0 Å². The lowest BCUT2D eigenvalue weighted by molar-refractivity contribution is 0.211. The van der Waals surface area contributed by atoms with Crippen molar-refractivity contribution in [3.05, 3.63) is 24.3 Å². The maximum Gasteiger partial charge on any atom is 0.409 e. The van der Waals surface area contributed by atoms with Crippen molar-refractivity contribution in [2.24, 2.45) is 5.73 Å². The second kappa shape index (κ2) is 4.25. The van der Waals surface area contributed by atoms with Crippen LogP contribution in [0.15, 0.2) is 24.3 Å². The summed E-state index contributed by atoms with van der Waals surface area (Å²) in [6, 6.07) is 5.96. The summed E-state index contributed by atoms with van der Waals surface area (Å²) in [7, 11) is -3.26. The number of amides is 1. The summed E-state index contributed by atoms with van der Waals surface area (Å²) in [5.74, 6) is 0.270. The van der Waals surface area contributed by atoms with Crippen molar-refractivity contribution in [1.29, 1.82) is 0 Å². The van der Waals surface area contributed by atoms with Crippen LogP contribution in [-0.4, -0.2) is 19.8 Å². The SMILES string of the molecule is NC(=O)Oc1ccc(NS(=O)(=O)C2CC2)cc1. The molecule has 1 saturated carbocycles. The summed E-state index contributed by atoms with van der Waals surface area (Å²) in [5, 5.41) is -0.274. The largest absolute Gasteiger partial charge is 0.411 e. The molecule has 1 aromatic carbocycles. The Labute approximate surface area is 98.8 Å². The van der Waals surface area contributed by atoms with Crippen LogP contribution in [0.4, 0.5) is 10.5 Å². The van der Waals surface area contributed by atoms with Crippen molar-refractivity contribution >= 4 is 21.8 Å². The molecule has 0 saturated heterocycles. The molecule has 17 heavy (non-hydrogen) atoms. The number of anilines is 1. The summed E-state index contributed by atoms with van der Waals surface area (Å²) < 4.78 is 30.3. The number of nitrogens with two attached hydrogens (primary N) is 1. The molecule has 1 amide bonds. The van der Waals surface area contributed by atoms with Gasteiger partial charge in [-0.3, -0.25) is 4.72 Å². The number of hydrogen-bond donors (Lipinski definition) is 2. The minimum atomic E-state index is -3.26. The van der Waals surface area contributed by atoms with Crippen LogP contribution in [0, 0.1) is 0 Å². The highest BCUT2D eigenvalue weighted by atomic mass is 32.2. The van der Waals surface area contributed by atoms with E-state index in [4.69, 9.17) is 5.73 Å². The Morgan fingerprint density at radius 1 is 1.29 bits per heavy atom. The standard InChI is InChI=1S/C10H12N2O4S/c11-10(13)16-8-3-1-7(2-4-8)12-17(14,15)9-5-6-9/h1-4,9,12H,5-6H2,(H2,11,13). The summed E-state index contributed by atoms with van der Waals surface area (Å²) in [6.45, 7) is 0. The predicted octanol–water partition coefficient (Wildman–Crippen LogP) is 1.05. The van der Waals surface area contributed by atoms with Crippen LogP contribution in [0.2, 0.25) is 0 Å². The molecule has 1 aliphatic carbocycles. The molecular weight excluding hydrogens is 244 g/mol. The fraction of sp³-hybridized carbons (Fsp3) is 0.300. The first-order valence-electron chi connectivity index (χ1n) is 5.06. The molecule has 1 aliphatic rings. The highest BCUT2D eigenvalue weighted by Crippen LogP contribution is 2.30. The molecule has 0 radical (unpaired) electrons. The molecule has 2 rings (SSSR count). The van der Waals surface area contributed by atoms with Crippen molar-refractivity contribution in [3.8, 4) is 5.75 Å². The fourth-order valence-electron chi connectivity index (χ4n) is 1.33. The van der Waals surface area contributed by atoms with Crippen molar-refractivity contribution in [1.82, 2.24) is 0 Å². The zero-order chi connectivity index (χ0) is 12.5. The minimum absolute atomic E-state index is 0.270. The van der Waals surface area contributed by atoms with Crippen molar-refractivity contribution in [2.45, 2.75) is 18.1 Å². The lowest BCUT2D eigenvalue weighted by Crippen LogP contribution is -2.18. The second-order valence-electron chi connectivity index (χ2n) is 3.79. The van der Waals surface area contributed by atoms with Crippen molar-refractivity contribution in [2.75, 3.05) is 4.72 Å². The van der Waals surface area contributed by atoms with Gasteiger partial charge in [-0.05, 0) is 37.1 Å². The first-order chi connectivity index (χ1) is 7.97.